The number of ether oxygens (including phenoxy) is 5. The van der Waals surface area contributed by atoms with Gasteiger partial charge in [-0.3, -0.25) is 9.48 Å². The zero-order valence-electron chi connectivity index (χ0n) is 20.6. The number of fused-ring (bicyclic) bond motifs is 1. The number of aromatic nitrogens is 2. The summed E-state index contributed by atoms with van der Waals surface area (Å²) >= 11 is 0. The molecule has 4 aromatic rings. The Kier molecular flexibility index (Phi) is 7.16. The predicted octanol–water partition coefficient (Wildman–Crippen LogP) is 4.88. The van der Waals surface area contributed by atoms with E-state index >= 15 is 0 Å². The topological polar surface area (TPSA) is 106 Å². The first-order chi connectivity index (χ1) is 18.1. The normalized spacial score (nSPS) is 11.8. The number of hydrogen-bond acceptors (Lipinski definition) is 8. The van der Waals surface area contributed by atoms with Gasteiger partial charge in [-0.1, -0.05) is 6.07 Å². The number of nitrogens with one attached hydrogen (secondary N) is 1. The van der Waals surface area contributed by atoms with Crippen molar-refractivity contribution >= 4 is 11.6 Å². The number of nitrogens with zero attached hydrogens (tertiary/aromatic N) is 2. The number of hydrogen-bond donors (Lipinski definition) is 1. The van der Waals surface area contributed by atoms with Crippen LogP contribution in [0.4, 0.5) is 5.69 Å². The molecule has 2 aromatic heterocycles. The third kappa shape index (κ3) is 5.80. The number of anilines is 1. The van der Waals surface area contributed by atoms with Gasteiger partial charge in [-0.25, -0.2) is 0 Å². The van der Waals surface area contributed by atoms with E-state index in [4.69, 9.17) is 28.1 Å². The van der Waals surface area contributed by atoms with Crippen molar-refractivity contribution in [2.24, 2.45) is 0 Å². The van der Waals surface area contributed by atoms with Gasteiger partial charge in [-0.15, -0.1) is 0 Å². The van der Waals surface area contributed by atoms with Gasteiger partial charge in [-0.05, 0) is 55.8 Å². The molecule has 0 spiro atoms. The zero-order valence-corrected chi connectivity index (χ0v) is 20.6. The molecule has 192 valence electrons. The van der Waals surface area contributed by atoms with Crippen molar-refractivity contribution in [1.29, 1.82) is 0 Å². The molecule has 0 saturated carbocycles. The quantitative estimate of drug-likeness (QED) is 0.307. The van der Waals surface area contributed by atoms with Gasteiger partial charge >= 0.3 is 0 Å². The molecule has 0 fully saturated rings. The van der Waals surface area contributed by atoms with E-state index in [9.17, 15) is 4.79 Å². The van der Waals surface area contributed by atoms with Gasteiger partial charge in [0.1, 0.15) is 18.1 Å². The first-order valence-electron chi connectivity index (χ1n) is 11.9. The number of carbonyl (C=O) groups is 1. The summed E-state index contributed by atoms with van der Waals surface area (Å²) in [5.41, 5.74) is 1.54. The lowest BCUT2D eigenvalue weighted by molar-refractivity contribution is 0.0992. The molecule has 1 aliphatic rings. The van der Waals surface area contributed by atoms with E-state index in [1.165, 1.54) is 0 Å². The molecule has 0 atom stereocenters. The summed E-state index contributed by atoms with van der Waals surface area (Å²) in [6, 6.07) is 14.4. The van der Waals surface area contributed by atoms with Crippen LogP contribution in [0.3, 0.4) is 0 Å². The molecule has 3 heterocycles. The summed E-state index contributed by atoms with van der Waals surface area (Å²) in [4.78, 5) is 12.7. The fraction of sp³-hybridized carbons (Fsp3) is 0.259. The van der Waals surface area contributed by atoms with Gasteiger partial charge in [0, 0.05) is 12.3 Å². The summed E-state index contributed by atoms with van der Waals surface area (Å²) in [5.74, 6) is 3.63. The molecular weight excluding hydrogens is 478 g/mol. The highest BCUT2D eigenvalue weighted by Gasteiger charge is 2.16. The Morgan fingerprint density at radius 2 is 1.81 bits per heavy atom. The first kappa shape index (κ1) is 24.1. The van der Waals surface area contributed by atoms with Crippen molar-refractivity contribution in [3.8, 4) is 28.7 Å². The largest absolute Gasteiger partial charge is 0.490 e. The molecule has 37 heavy (non-hydrogen) atoms. The maximum Gasteiger partial charge on any atom is 0.291 e. The van der Waals surface area contributed by atoms with Crippen LogP contribution in [-0.2, 0) is 13.2 Å². The Labute approximate surface area is 213 Å². The lowest BCUT2D eigenvalue weighted by Crippen LogP contribution is -2.10. The van der Waals surface area contributed by atoms with E-state index in [1.54, 1.807) is 47.4 Å². The molecule has 5 rings (SSSR count). The van der Waals surface area contributed by atoms with Crippen molar-refractivity contribution in [2.75, 3.05) is 25.3 Å². The summed E-state index contributed by atoms with van der Waals surface area (Å²) in [7, 11) is 0. The average Bonchev–Trinajstić information content (AvgIpc) is 3.65. The predicted molar refractivity (Wildman–Crippen MR) is 134 cm³/mol. The third-order valence-electron chi connectivity index (χ3n) is 5.45. The molecule has 2 aromatic carbocycles. The SMILES string of the molecule is CCOc1ccc(Cn2cc(NC(=O)c3ccc(COc4ccc5c(c4)OCO5)o3)cn2)cc1OCC. The molecule has 1 N–H and O–H groups in total. The third-order valence-corrected chi connectivity index (χ3v) is 5.45. The smallest absolute Gasteiger partial charge is 0.291 e. The highest BCUT2D eigenvalue weighted by atomic mass is 16.7. The fourth-order valence-corrected chi connectivity index (χ4v) is 3.79. The van der Waals surface area contributed by atoms with E-state index < -0.39 is 0 Å². The zero-order chi connectivity index (χ0) is 25.6. The minimum Gasteiger partial charge on any atom is -0.490 e. The molecule has 1 amide bonds. The molecule has 0 radical (unpaired) electrons. The Bertz CT molecular complexity index is 1380. The van der Waals surface area contributed by atoms with Gasteiger partial charge in [0.2, 0.25) is 6.79 Å². The van der Waals surface area contributed by atoms with Crippen LogP contribution >= 0.6 is 0 Å². The van der Waals surface area contributed by atoms with Gasteiger partial charge in [0.15, 0.2) is 28.8 Å². The lowest BCUT2D eigenvalue weighted by atomic mass is 10.2. The monoisotopic (exact) mass is 505 g/mol. The second-order valence-corrected chi connectivity index (χ2v) is 8.10. The summed E-state index contributed by atoms with van der Waals surface area (Å²) in [6.07, 6.45) is 3.34. The molecule has 10 nitrogen and oxygen atoms in total. The minimum absolute atomic E-state index is 0.163. The van der Waals surface area contributed by atoms with Gasteiger partial charge in [-0.2, -0.15) is 5.10 Å². The Hall–Kier alpha value is -4.60. The number of rotatable bonds is 11. The van der Waals surface area contributed by atoms with Crippen LogP contribution in [0.2, 0.25) is 0 Å². The highest BCUT2D eigenvalue weighted by molar-refractivity contribution is 6.02. The second-order valence-electron chi connectivity index (χ2n) is 8.10. The van der Waals surface area contributed by atoms with Crippen molar-refractivity contribution in [3.05, 3.63) is 78.0 Å². The van der Waals surface area contributed by atoms with Crippen LogP contribution < -0.4 is 29.0 Å². The molecule has 0 bridgehead atoms. The van der Waals surface area contributed by atoms with Crippen molar-refractivity contribution in [2.45, 2.75) is 27.0 Å². The Morgan fingerprint density at radius 3 is 2.68 bits per heavy atom. The van der Waals surface area contributed by atoms with Crippen LogP contribution in [0.25, 0.3) is 0 Å². The van der Waals surface area contributed by atoms with E-state index in [0.29, 0.717) is 60.0 Å². The fourth-order valence-electron chi connectivity index (χ4n) is 3.79. The summed E-state index contributed by atoms with van der Waals surface area (Å²) in [6.45, 7) is 5.83. The van der Waals surface area contributed by atoms with Crippen LogP contribution in [0, 0.1) is 0 Å². The molecule has 0 aliphatic carbocycles. The van der Waals surface area contributed by atoms with E-state index in [2.05, 4.69) is 10.4 Å². The Balaban J connectivity index is 1.16. The maximum absolute atomic E-state index is 12.7. The van der Waals surface area contributed by atoms with Gasteiger partial charge in [0.05, 0.1) is 31.6 Å². The van der Waals surface area contributed by atoms with Crippen molar-refractivity contribution in [1.82, 2.24) is 9.78 Å². The van der Waals surface area contributed by atoms with Gasteiger partial charge < -0.3 is 33.4 Å². The van der Waals surface area contributed by atoms with Crippen LogP contribution in [-0.4, -0.2) is 35.7 Å². The maximum atomic E-state index is 12.7. The molecular formula is C27H27N3O7. The van der Waals surface area contributed by atoms with Crippen LogP contribution in [0.1, 0.15) is 35.7 Å². The summed E-state index contributed by atoms with van der Waals surface area (Å²) in [5, 5.41) is 7.15. The van der Waals surface area contributed by atoms with E-state index in [-0.39, 0.29) is 25.1 Å². The van der Waals surface area contributed by atoms with Crippen LogP contribution in [0.5, 0.6) is 28.7 Å². The molecule has 0 saturated heterocycles. The van der Waals surface area contributed by atoms with Gasteiger partial charge in [0.25, 0.3) is 5.91 Å². The number of benzene rings is 2. The molecule has 0 unspecified atom stereocenters. The summed E-state index contributed by atoms with van der Waals surface area (Å²) < 4.78 is 35.1. The standard InChI is InChI=1S/C27H27N3O7/c1-3-32-22-8-5-18(11-25(22)33-4-2)14-30-15-19(13-28-30)29-27(31)24-10-7-21(37-24)16-34-20-6-9-23-26(12-20)36-17-35-23/h5-13,15H,3-4,14,16-17H2,1-2H3,(H,29,31). The lowest BCUT2D eigenvalue weighted by Gasteiger charge is -2.12. The minimum atomic E-state index is -0.381. The second kappa shape index (κ2) is 11.0. The molecule has 10 heteroatoms. The number of amides is 1. The molecule has 1 aliphatic heterocycles. The van der Waals surface area contributed by atoms with Crippen LogP contribution in [0.15, 0.2) is 65.3 Å². The van der Waals surface area contributed by atoms with E-state index in [0.717, 1.165) is 5.56 Å². The number of carbonyl (C=O) groups excluding carboxylic acids is 1. The highest BCUT2D eigenvalue weighted by Crippen LogP contribution is 2.35. The Morgan fingerprint density at radius 1 is 0.973 bits per heavy atom. The average molecular weight is 506 g/mol. The number of furan rings is 1. The van der Waals surface area contributed by atoms with E-state index in [1.807, 2.05) is 32.0 Å². The van der Waals surface area contributed by atoms with Crippen molar-refractivity contribution < 1.29 is 32.9 Å². The first-order valence-corrected chi connectivity index (χ1v) is 11.9. The van der Waals surface area contributed by atoms with Crippen molar-refractivity contribution in [3.63, 3.8) is 0 Å².